The molecule has 2 saturated heterocycles. The van der Waals surface area contributed by atoms with Gasteiger partial charge in [0.2, 0.25) is 6.41 Å². The van der Waals surface area contributed by atoms with Crippen molar-refractivity contribution in [2.75, 3.05) is 26.7 Å². The second-order valence-electron chi connectivity index (χ2n) is 4.47. The molecule has 0 radical (unpaired) electrons. The van der Waals surface area contributed by atoms with Crippen molar-refractivity contribution in [3.8, 4) is 0 Å². The lowest BCUT2D eigenvalue weighted by Crippen LogP contribution is -2.63. The Balaban J connectivity index is 0.000000531. The van der Waals surface area contributed by atoms with Crippen LogP contribution in [0.5, 0.6) is 0 Å². The van der Waals surface area contributed by atoms with Crippen LogP contribution in [0.15, 0.2) is 0 Å². The standard InChI is InChI=1S/C10H18N2O.C2H6/c1-11-6-3-2-4-10(8-11)5-7-12(10)9-13;1-2/h9H,2-8H2,1H3;1-2H3. The highest BCUT2D eigenvalue weighted by molar-refractivity contribution is 5.51. The lowest BCUT2D eigenvalue weighted by Gasteiger charge is -2.52. The summed E-state index contributed by atoms with van der Waals surface area (Å²) in [4.78, 5) is 15.1. The molecule has 1 unspecified atom stereocenters. The van der Waals surface area contributed by atoms with Crippen molar-refractivity contribution in [1.82, 2.24) is 9.80 Å². The van der Waals surface area contributed by atoms with Crippen LogP contribution in [-0.2, 0) is 4.79 Å². The fourth-order valence-electron chi connectivity index (χ4n) is 2.66. The molecule has 88 valence electrons. The van der Waals surface area contributed by atoms with Gasteiger partial charge in [-0.25, -0.2) is 0 Å². The third-order valence-electron chi connectivity index (χ3n) is 3.55. The van der Waals surface area contributed by atoms with E-state index in [1.807, 2.05) is 18.7 Å². The number of hydrogen-bond donors (Lipinski definition) is 0. The van der Waals surface area contributed by atoms with Crippen LogP contribution in [0.1, 0.15) is 39.5 Å². The Morgan fingerprint density at radius 2 is 1.87 bits per heavy atom. The molecule has 2 fully saturated rings. The maximum absolute atomic E-state index is 10.8. The first kappa shape index (κ1) is 12.5. The Labute approximate surface area is 93.4 Å². The minimum Gasteiger partial charge on any atom is -0.338 e. The van der Waals surface area contributed by atoms with Gasteiger partial charge in [0.25, 0.3) is 0 Å². The average Bonchev–Trinajstić information content (AvgIpc) is 2.44. The smallest absolute Gasteiger partial charge is 0.210 e. The highest BCUT2D eigenvalue weighted by Gasteiger charge is 2.44. The molecule has 0 aromatic carbocycles. The lowest BCUT2D eigenvalue weighted by molar-refractivity contribution is -0.134. The van der Waals surface area contributed by atoms with E-state index in [4.69, 9.17) is 0 Å². The molecule has 3 nitrogen and oxygen atoms in total. The van der Waals surface area contributed by atoms with Crippen molar-refractivity contribution in [3.63, 3.8) is 0 Å². The van der Waals surface area contributed by atoms with Gasteiger partial charge in [-0.3, -0.25) is 4.79 Å². The molecule has 2 heterocycles. The Morgan fingerprint density at radius 1 is 1.13 bits per heavy atom. The van der Waals surface area contributed by atoms with Gasteiger partial charge >= 0.3 is 0 Å². The Hall–Kier alpha value is -0.570. The molecule has 3 heteroatoms. The summed E-state index contributed by atoms with van der Waals surface area (Å²) in [7, 11) is 2.16. The molecule has 2 aliphatic rings. The number of hydrogen-bond acceptors (Lipinski definition) is 2. The first-order chi connectivity index (χ1) is 7.27. The molecule has 0 aromatic heterocycles. The van der Waals surface area contributed by atoms with Crippen molar-refractivity contribution in [1.29, 1.82) is 0 Å². The summed E-state index contributed by atoms with van der Waals surface area (Å²) in [5, 5.41) is 0. The molecule has 15 heavy (non-hydrogen) atoms. The van der Waals surface area contributed by atoms with E-state index < -0.39 is 0 Å². The molecule has 1 atom stereocenters. The molecular formula is C12H24N2O. The zero-order chi connectivity index (χ0) is 11.3. The normalized spacial score (nSPS) is 31.3. The number of amides is 1. The van der Waals surface area contributed by atoms with Crippen LogP contribution in [0.4, 0.5) is 0 Å². The van der Waals surface area contributed by atoms with Gasteiger partial charge in [-0.1, -0.05) is 13.8 Å². The van der Waals surface area contributed by atoms with E-state index in [-0.39, 0.29) is 5.54 Å². The highest BCUT2D eigenvalue weighted by Crippen LogP contribution is 2.36. The van der Waals surface area contributed by atoms with E-state index >= 15 is 0 Å². The lowest BCUT2D eigenvalue weighted by atomic mass is 9.81. The quantitative estimate of drug-likeness (QED) is 0.618. The molecule has 0 aliphatic carbocycles. The van der Waals surface area contributed by atoms with Gasteiger partial charge < -0.3 is 9.80 Å². The SMILES string of the molecule is CC.CN1CCCCC2(CCN2C=O)C1. The number of rotatable bonds is 1. The fourth-order valence-corrected chi connectivity index (χ4v) is 2.66. The zero-order valence-corrected chi connectivity index (χ0v) is 10.3. The van der Waals surface area contributed by atoms with Gasteiger partial charge in [-0.05, 0) is 39.3 Å². The molecule has 0 bridgehead atoms. The Kier molecular flexibility index (Phi) is 4.58. The number of carbonyl (C=O) groups is 1. The molecule has 0 saturated carbocycles. The van der Waals surface area contributed by atoms with Gasteiger partial charge in [0, 0.05) is 13.1 Å². The number of nitrogens with zero attached hydrogens (tertiary/aromatic N) is 2. The predicted molar refractivity (Wildman–Crippen MR) is 62.8 cm³/mol. The summed E-state index contributed by atoms with van der Waals surface area (Å²) >= 11 is 0. The van der Waals surface area contributed by atoms with Crippen molar-refractivity contribution >= 4 is 6.41 Å². The monoisotopic (exact) mass is 212 g/mol. The third-order valence-corrected chi connectivity index (χ3v) is 3.55. The molecule has 1 spiro atoms. The van der Waals surface area contributed by atoms with Crippen LogP contribution in [0.25, 0.3) is 0 Å². The van der Waals surface area contributed by atoms with Crippen LogP contribution in [0, 0.1) is 0 Å². The largest absolute Gasteiger partial charge is 0.338 e. The van der Waals surface area contributed by atoms with Crippen LogP contribution >= 0.6 is 0 Å². The molecule has 1 amide bonds. The summed E-state index contributed by atoms with van der Waals surface area (Å²) in [5.41, 5.74) is 0.215. The van der Waals surface area contributed by atoms with Gasteiger partial charge in [0.15, 0.2) is 0 Å². The summed E-state index contributed by atoms with van der Waals surface area (Å²) in [5.74, 6) is 0. The minimum absolute atomic E-state index is 0.215. The van der Waals surface area contributed by atoms with Gasteiger partial charge in [-0.15, -0.1) is 0 Å². The average molecular weight is 212 g/mol. The highest BCUT2D eigenvalue weighted by atomic mass is 16.1. The van der Waals surface area contributed by atoms with Crippen molar-refractivity contribution in [2.24, 2.45) is 0 Å². The topological polar surface area (TPSA) is 23.6 Å². The molecule has 0 aromatic rings. The van der Waals surface area contributed by atoms with Crippen molar-refractivity contribution < 1.29 is 4.79 Å². The van der Waals surface area contributed by atoms with E-state index in [2.05, 4.69) is 11.9 Å². The van der Waals surface area contributed by atoms with E-state index in [1.165, 1.54) is 32.2 Å². The van der Waals surface area contributed by atoms with Crippen LogP contribution < -0.4 is 0 Å². The number of likely N-dealkylation sites (N-methyl/N-ethyl adjacent to an activating group) is 1. The Morgan fingerprint density at radius 3 is 2.40 bits per heavy atom. The molecule has 2 aliphatic heterocycles. The van der Waals surface area contributed by atoms with Crippen molar-refractivity contribution in [2.45, 2.75) is 45.1 Å². The third kappa shape index (κ3) is 2.51. The van der Waals surface area contributed by atoms with E-state index in [9.17, 15) is 4.79 Å². The summed E-state index contributed by atoms with van der Waals surface area (Å²) in [6.07, 6.45) is 5.99. The van der Waals surface area contributed by atoms with Crippen LogP contribution in [0.2, 0.25) is 0 Å². The summed E-state index contributed by atoms with van der Waals surface area (Å²) in [6.45, 7) is 7.23. The predicted octanol–water partition coefficient (Wildman–Crippen LogP) is 1.73. The van der Waals surface area contributed by atoms with E-state index in [0.29, 0.717) is 0 Å². The first-order valence-corrected chi connectivity index (χ1v) is 6.17. The van der Waals surface area contributed by atoms with Gasteiger partial charge in [-0.2, -0.15) is 0 Å². The zero-order valence-electron chi connectivity index (χ0n) is 10.3. The number of carbonyl (C=O) groups excluding carboxylic acids is 1. The Bertz CT molecular complexity index is 208. The second-order valence-corrected chi connectivity index (χ2v) is 4.47. The maximum atomic E-state index is 10.8. The summed E-state index contributed by atoms with van der Waals surface area (Å²) in [6, 6.07) is 0. The molecule has 0 N–H and O–H groups in total. The fraction of sp³-hybridized carbons (Fsp3) is 0.917. The van der Waals surface area contributed by atoms with Gasteiger partial charge in [0.05, 0.1) is 5.54 Å². The summed E-state index contributed by atoms with van der Waals surface area (Å²) < 4.78 is 0. The van der Waals surface area contributed by atoms with E-state index in [0.717, 1.165) is 19.5 Å². The van der Waals surface area contributed by atoms with E-state index in [1.54, 1.807) is 0 Å². The second kappa shape index (κ2) is 5.50. The van der Waals surface area contributed by atoms with Gasteiger partial charge in [0.1, 0.15) is 0 Å². The number of likely N-dealkylation sites (tertiary alicyclic amines) is 2. The van der Waals surface area contributed by atoms with Crippen molar-refractivity contribution in [3.05, 3.63) is 0 Å². The molecular weight excluding hydrogens is 188 g/mol. The minimum atomic E-state index is 0.215. The maximum Gasteiger partial charge on any atom is 0.210 e. The molecule has 2 rings (SSSR count). The first-order valence-electron chi connectivity index (χ1n) is 6.17. The van der Waals surface area contributed by atoms with Crippen LogP contribution in [0.3, 0.4) is 0 Å². The van der Waals surface area contributed by atoms with Crippen LogP contribution in [-0.4, -0.2) is 48.4 Å².